The Morgan fingerprint density at radius 3 is 2.69 bits per heavy atom. The molecule has 1 atom stereocenters. The quantitative estimate of drug-likeness (QED) is 0.235. The molecule has 2 aliphatic rings. The maximum atomic E-state index is 13.7. The molecule has 2 aromatic heterocycles. The van der Waals surface area contributed by atoms with Crippen LogP contribution in [0.4, 0.5) is 4.79 Å². The second kappa shape index (κ2) is 12.0. The molecule has 0 aliphatic carbocycles. The molecule has 42 heavy (non-hydrogen) atoms. The largest absolute Gasteiger partial charge is 0.464 e. The number of benzene rings is 1. The third-order valence-corrected chi connectivity index (χ3v) is 11.5. The zero-order chi connectivity index (χ0) is 30.2. The van der Waals surface area contributed by atoms with Gasteiger partial charge in [0.25, 0.3) is 15.9 Å². The highest BCUT2D eigenvalue weighted by molar-refractivity contribution is 7.91. The van der Waals surface area contributed by atoms with Gasteiger partial charge in [-0.3, -0.25) is 15.5 Å². The van der Waals surface area contributed by atoms with Crippen molar-refractivity contribution >= 4 is 66.6 Å². The fraction of sp³-hybridized carbons (Fsp3) is 0.423. The highest BCUT2D eigenvalue weighted by atomic mass is 32.2. The molecular weight excluding hydrogens is 605 g/mol. The molecule has 2 N–H and O–H groups in total. The second-order valence-electron chi connectivity index (χ2n) is 9.82. The van der Waals surface area contributed by atoms with E-state index in [2.05, 4.69) is 19.9 Å². The van der Waals surface area contributed by atoms with E-state index in [4.69, 9.17) is 10.1 Å². The molecule has 1 aromatic carbocycles. The summed E-state index contributed by atoms with van der Waals surface area (Å²) < 4.78 is 39.1. The summed E-state index contributed by atoms with van der Waals surface area (Å²) in [5.41, 5.74) is 1.27. The predicted molar refractivity (Wildman–Crippen MR) is 157 cm³/mol. The van der Waals surface area contributed by atoms with Crippen LogP contribution in [0, 0.1) is 5.41 Å². The zero-order valence-corrected chi connectivity index (χ0v) is 25.7. The van der Waals surface area contributed by atoms with Crippen LogP contribution >= 0.6 is 22.7 Å². The predicted octanol–water partition coefficient (Wildman–Crippen LogP) is 2.11. The number of alkyl carbamates (subject to hydrolysis) is 1. The first-order valence-corrected chi connectivity index (χ1v) is 16.2. The number of amides is 2. The lowest BCUT2D eigenvalue weighted by atomic mass is 10.1. The minimum absolute atomic E-state index is 0.00288. The number of nitrogens with zero attached hydrogens (tertiary/aromatic N) is 4. The second-order valence-corrected chi connectivity index (χ2v) is 14.1. The number of likely N-dealkylation sites (N-methyl/N-ethyl adjacent to an activating group) is 1. The number of rotatable bonds is 6. The number of nitrogens with one attached hydrogen (secondary N) is 2. The summed E-state index contributed by atoms with van der Waals surface area (Å²) in [5, 5.41) is 11.3. The van der Waals surface area contributed by atoms with Gasteiger partial charge in [-0.25, -0.2) is 23.0 Å². The topological polar surface area (TPSA) is 162 Å². The van der Waals surface area contributed by atoms with Crippen LogP contribution in [-0.4, -0.2) is 104 Å². The number of carbonyl (C=O) groups is 3. The van der Waals surface area contributed by atoms with Gasteiger partial charge in [-0.15, -0.1) is 22.7 Å². The van der Waals surface area contributed by atoms with E-state index < -0.39 is 34.0 Å². The van der Waals surface area contributed by atoms with Gasteiger partial charge in [-0.05, 0) is 31.5 Å². The SMILES string of the molecule is CCOC(=O)C1CN(S(=O)(=O)c2cc3ccc(C(=N)NC(=O)OC)cc3s2)CCN1C(=O)c1nc2c(s1)CN(C)CC2. The fourth-order valence-corrected chi connectivity index (χ4v) is 9.01. The Morgan fingerprint density at radius 1 is 1.17 bits per heavy atom. The molecule has 1 saturated heterocycles. The summed E-state index contributed by atoms with van der Waals surface area (Å²) in [6.45, 7) is 3.01. The van der Waals surface area contributed by atoms with Crippen LogP contribution in [0.15, 0.2) is 28.5 Å². The summed E-state index contributed by atoms with van der Waals surface area (Å²) in [5.74, 6) is -1.28. The Bertz CT molecular complexity index is 1670. The average Bonchev–Trinajstić information content (AvgIpc) is 3.60. The van der Waals surface area contributed by atoms with Crippen LogP contribution in [0.3, 0.4) is 0 Å². The first-order valence-electron chi connectivity index (χ1n) is 13.1. The maximum absolute atomic E-state index is 13.7. The van der Waals surface area contributed by atoms with Gasteiger partial charge in [-0.1, -0.05) is 12.1 Å². The van der Waals surface area contributed by atoms with Crippen molar-refractivity contribution in [3.63, 3.8) is 0 Å². The highest BCUT2D eigenvalue weighted by Gasteiger charge is 2.42. The summed E-state index contributed by atoms with van der Waals surface area (Å²) in [6, 6.07) is 5.28. The summed E-state index contributed by atoms with van der Waals surface area (Å²) in [7, 11) is -0.846. The van der Waals surface area contributed by atoms with Crippen molar-refractivity contribution in [1.29, 1.82) is 5.41 Å². The molecular formula is C26H30N6O7S3. The van der Waals surface area contributed by atoms with Crippen LogP contribution in [-0.2, 0) is 37.3 Å². The third kappa shape index (κ3) is 5.89. The van der Waals surface area contributed by atoms with Crippen molar-refractivity contribution in [2.24, 2.45) is 0 Å². The van der Waals surface area contributed by atoms with Crippen LogP contribution < -0.4 is 5.32 Å². The third-order valence-electron chi connectivity index (χ3n) is 7.06. The minimum atomic E-state index is -4.04. The number of sulfonamides is 1. The van der Waals surface area contributed by atoms with Gasteiger partial charge >= 0.3 is 12.1 Å². The number of aromatic nitrogens is 1. The molecule has 13 nitrogen and oxygen atoms in total. The monoisotopic (exact) mass is 634 g/mol. The number of methoxy groups -OCH3 is 1. The van der Waals surface area contributed by atoms with Crippen molar-refractivity contribution in [3.05, 3.63) is 45.4 Å². The molecule has 1 unspecified atom stereocenters. The van der Waals surface area contributed by atoms with Crippen molar-refractivity contribution in [2.75, 3.05) is 46.9 Å². The molecule has 16 heteroatoms. The molecule has 3 aromatic rings. The Morgan fingerprint density at radius 2 is 1.95 bits per heavy atom. The van der Waals surface area contributed by atoms with Gasteiger partial charge in [0.15, 0.2) is 5.01 Å². The van der Waals surface area contributed by atoms with Gasteiger partial charge in [0, 0.05) is 54.3 Å². The number of hydrogen-bond acceptors (Lipinski definition) is 12. The van der Waals surface area contributed by atoms with E-state index in [0.717, 1.165) is 34.9 Å². The van der Waals surface area contributed by atoms with Crippen LogP contribution in [0.5, 0.6) is 0 Å². The summed E-state index contributed by atoms with van der Waals surface area (Å²) in [4.78, 5) is 47.1. The lowest BCUT2D eigenvalue weighted by molar-refractivity contribution is -0.149. The Hall–Kier alpha value is -3.44. The Kier molecular flexibility index (Phi) is 8.61. The van der Waals surface area contributed by atoms with Crippen LogP contribution in [0.2, 0.25) is 0 Å². The molecule has 0 saturated carbocycles. The molecule has 0 radical (unpaired) electrons. The zero-order valence-electron chi connectivity index (χ0n) is 23.2. The molecule has 0 bridgehead atoms. The first kappa shape index (κ1) is 30.0. The van der Waals surface area contributed by atoms with E-state index in [1.165, 1.54) is 33.7 Å². The Balaban J connectivity index is 1.38. The van der Waals surface area contributed by atoms with Crippen molar-refractivity contribution in [2.45, 2.75) is 30.1 Å². The van der Waals surface area contributed by atoms with Crippen LogP contribution in [0.1, 0.15) is 32.9 Å². The highest BCUT2D eigenvalue weighted by Crippen LogP contribution is 2.33. The maximum Gasteiger partial charge on any atom is 0.412 e. The number of fused-ring (bicyclic) bond motifs is 2. The molecule has 224 valence electrons. The Labute approximate surface area is 250 Å². The molecule has 5 rings (SSSR count). The number of carbonyl (C=O) groups excluding carboxylic acids is 3. The van der Waals surface area contributed by atoms with E-state index in [9.17, 15) is 22.8 Å². The van der Waals surface area contributed by atoms with E-state index >= 15 is 0 Å². The number of amidine groups is 1. The number of hydrogen-bond donors (Lipinski definition) is 2. The number of thiazole rings is 1. The fourth-order valence-electron chi connectivity index (χ4n) is 4.84. The first-order chi connectivity index (χ1) is 20.0. The van der Waals surface area contributed by atoms with Gasteiger partial charge in [-0.2, -0.15) is 4.31 Å². The van der Waals surface area contributed by atoms with E-state index in [0.29, 0.717) is 22.2 Å². The summed E-state index contributed by atoms with van der Waals surface area (Å²) >= 11 is 2.32. The molecule has 2 aliphatic heterocycles. The lowest BCUT2D eigenvalue weighted by Gasteiger charge is -2.38. The van der Waals surface area contributed by atoms with E-state index in [1.807, 2.05) is 7.05 Å². The van der Waals surface area contributed by atoms with Gasteiger partial charge in [0.1, 0.15) is 16.1 Å². The average molecular weight is 635 g/mol. The minimum Gasteiger partial charge on any atom is -0.464 e. The molecule has 2 amide bonds. The van der Waals surface area contributed by atoms with Gasteiger partial charge < -0.3 is 19.3 Å². The molecule has 0 spiro atoms. The standard InChI is InChI=1S/C26H30N6O7S3/c1-4-39-25(34)18-13-31(9-10-32(18)24(33)23-28-17-7-8-30(2)14-20(17)41-23)42(36,37)21-12-15-5-6-16(11-19(15)40-21)22(27)29-26(35)38-3/h5-6,11-12,18H,4,7-10,13-14H2,1-3H3,(H2,27,29,35). The van der Waals surface area contributed by atoms with E-state index in [1.54, 1.807) is 25.1 Å². The molecule has 1 fully saturated rings. The molecule has 4 heterocycles. The number of piperazine rings is 1. The lowest BCUT2D eigenvalue weighted by Crippen LogP contribution is -2.59. The number of ether oxygens (including phenoxy) is 2. The van der Waals surface area contributed by atoms with Crippen molar-refractivity contribution < 1.29 is 32.3 Å². The van der Waals surface area contributed by atoms with Gasteiger partial charge in [0.2, 0.25) is 0 Å². The van der Waals surface area contributed by atoms with Crippen molar-refractivity contribution in [3.8, 4) is 0 Å². The summed E-state index contributed by atoms with van der Waals surface area (Å²) in [6.07, 6.45) is -0.0481. The van der Waals surface area contributed by atoms with E-state index in [-0.39, 0.29) is 41.3 Å². The number of thiophene rings is 1. The number of esters is 1. The van der Waals surface area contributed by atoms with Crippen LogP contribution in [0.25, 0.3) is 10.1 Å². The smallest absolute Gasteiger partial charge is 0.412 e. The van der Waals surface area contributed by atoms with Crippen molar-refractivity contribution in [1.82, 2.24) is 24.4 Å². The van der Waals surface area contributed by atoms with Gasteiger partial charge in [0.05, 0.1) is 19.4 Å². The normalized spacial score (nSPS) is 18.0.